The average Bonchev–Trinajstić information content (AvgIpc) is 2.39. The Balaban J connectivity index is 2.10. The van der Waals surface area contributed by atoms with Crippen molar-refractivity contribution in [3.8, 4) is 0 Å². The number of ether oxygens (including phenoxy) is 1. The summed E-state index contributed by atoms with van der Waals surface area (Å²) in [5, 5.41) is 12.6. The second-order valence-corrected chi connectivity index (χ2v) is 4.75. The van der Waals surface area contributed by atoms with E-state index in [2.05, 4.69) is 5.32 Å². The molecule has 1 saturated heterocycles. The van der Waals surface area contributed by atoms with E-state index >= 15 is 0 Å². The van der Waals surface area contributed by atoms with Crippen LogP contribution in [-0.2, 0) is 10.9 Å². The van der Waals surface area contributed by atoms with Gasteiger partial charge in [0.15, 0.2) is 0 Å². The lowest BCUT2D eigenvalue weighted by molar-refractivity contribution is -0.137. The van der Waals surface area contributed by atoms with Crippen molar-refractivity contribution in [2.45, 2.75) is 24.6 Å². The number of anilines is 1. The van der Waals surface area contributed by atoms with E-state index in [4.69, 9.17) is 4.74 Å². The van der Waals surface area contributed by atoms with E-state index < -0.39 is 17.3 Å². The second kappa shape index (κ2) is 5.38. The number of aliphatic hydroxyl groups excluding tert-OH is 1. The summed E-state index contributed by atoms with van der Waals surface area (Å²) in [7, 11) is 0. The van der Waals surface area contributed by atoms with E-state index in [1.54, 1.807) is 0 Å². The van der Waals surface area contributed by atoms with Crippen molar-refractivity contribution < 1.29 is 23.0 Å². The number of nitrogens with one attached hydrogen (secondary N) is 1. The van der Waals surface area contributed by atoms with Crippen LogP contribution < -0.4 is 5.32 Å². The Kier molecular flexibility index (Phi) is 4.01. The van der Waals surface area contributed by atoms with Crippen LogP contribution in [0, 0.1) is 0 Å². The Bertz CT molecular complexity index is 411. The highest BCUT2D eigenvalue weighted by Gasteiger charge is 2.33. The van der Waals surface area contributed by atoms with Crippen LogP contribution >= 0.6 is 0 Å². The summed E-state index contributed by atoms with van der Waals surface area (Å²) < 4.78 is 42.6. The van der Waals surface area contributed by atoms with Gasteiger partial charge in [-0.05, 0) is 37.1 Å². The molecule has 0 bridgehead atoms. The lowest BCUT2D eigenvalue weighted by Gasteiger charge is -2.37. The van der Waals surface area contributed by atoms with E-state index in [0.717, 1.165) is 12.1 Å². The maximum Gasteiger partial charge on any atom is 0.416 e. The second-order valence-electron chi connectivity index (χ2n) is 4.75. The van der Waals surface area contributed by atoms with E-state index in [9.17, 15) is 18.3 Å². The van der Waals surface area contributed by atoms with Gasteiger partial charge in [-0.3, -0.25) is 0 Å². The minimum Gasteiger partial charge on any atom is -0.394 e. The van der Waals surface area contributed by atoms with Gasteiger partial charge in [-0.2, -0.15) is 13.2 Å². The molecule has 0 spiro atoms. The fraction of sp³-hybridized carbons (Fsp3) is 0.538. The first kappa shape index (κ1) is 14.1. The maximum atomic E-state index is 12.4. The molecule has 106 valence electrons. The largest absolute Gasteiger partial charge is 0.416 e. The van der Waals surface area contributed by atoms with Crippen LogP contribution in [-0.4, -0.2) is 30.5 Å². The SMILES string of the molecule is OCC1(Nc2ccc(C(F)(F)F)cc2)CCOCC1. The molecule has 0 aliphatic carbocycles. The zero-order valence-corrected chi connectivity index (χ0v) is 10.3. The van der Waals surface area contributed by atoms with Gasteiger partial charge in [0.05, 0.1) is 17.7 Å². The summed E-state index contributed by atoms with van der Waals surface area (Å²) in [6.07, 6.45) is -3.07. The monoisotopic (exact) mass is 275 g/mol. The maximum absolute atomic E-state index is 12.4. The van der Waals surface area contributed by atoms with Gasteiger partial charge in [0.25, 0.3) is 0 Å². The standard InChI is InChI=1S/C13H16F3NO2/c14-13(15,16)10-1-3-11(4-2-10)17-12(9-18)5-7-19-8-6-12/h1-4,17-18H,5-9H2. The zero-order valence-electron chi connectivity index (χ0n) is 10.3. The first-order valence-electron chi connectivity index (χ1n) is 6.09. The van der Waals surface area contributed by atoms with Gasteiger partial charge in [-0.25, -0.2) is 0 Å². The molecule has 0 unspecified atom stereocenters. The Morgan fingerprint density at radius 3 is 2.21 bits per heavy atom. The van der Waals surface area contributed by atoms with Crippen molar-refractivity contribution in [1.82, 2.24) is 0 Å². The number of halogens is 3. The van der Waals surface area contributed by atoms with Crippen molar-refractivity contribution in [3.05, 3.63) is 29.8 Å². The molecule has 1 aromatic carbocycles. The number of hydrogen-bond donors (Lipinski definition) is 2. The summed E-state index contributed by atoms with van der Waals surface area (Å²) in [6.45, 7) is 1.000. The number of rotatable bonds is 3. The molecule has 1 heterocycles. The average molecular weight is 275 g/mol. The summed E-state index contributed by atoms with van der Waals surface area (Å²) >= 11 is 0. The molecule has 6 heteroatoms. The fourth-order valence-electron chi connectivity index (χ4n) is 2.13. The minimum absolute atomic E-state index is 0.0720. The zero-order chi connectivity index (χ0) is 13.9. The van der Waals surface area contributed by atoms with E-state index in [1.807, 2.05) is 0 Å². The summed E-state index contributed by atoms with van der Waals surface area (Å²) in [5.41, 5.74) is -0.607. The number of hydrogen-bond acceptors (Lipinski definition) is 3. The van der Waals surface area contributed by atoms with Gasteiger partial charge in [-0.1, -0.05) is 0 Å². The fourth-order valence-corrected chi connectivity index (χ4v) is 2.13. The molecule has 0 atom stereocenters. The third-order valence-electron chi connectivity index (χ3n) is 3.37. The molecule has 2 N–H and O–H groups in total. The molecule has 2 rings (SSSR count). The summed E-state index contributed by atoms with van der Waals surface area (Å²) in [6, 6.07) is 4.84. The minimum atomic E-state index is -4.33. The molecule has 3 nitrogen and oxygen atoms in total. The van der Waals surface area contributed by atoms with Crippen LogP contribution in [0.25, 0.3) is 0 Å². The smallest absolute Gasteiger partial charge is 0.394 e. The van der Waals surface area contributed by atoms with Crippen molar-refractivity contribution in [2.75, 3.05) is 25.1 Å². The molecule has 19 heavy (non-hydrogen) atoms. The molecule has 0 saturated carbocycles. The highest BCUT2D eigenvalue weighted by atomic mass is 19.4. The number of aliphatic hydroxyl groups is 1. The first-order valence-corrected chi connectivity index (χ1v) is 6.09. The van der Waals surface area contributed by atoms with Gasteiger partial charge >= 0.3 is 6.18 Å². The van der Waals surface area contributed by atoms with Gasteiger partial charge in [0, 0.05) is 18.9 Å². The molecular formula is C13H16F3NO2. The van der Waals surface area contributed by atoms with Gasteiger partial charge < -0.3 is 15.2 Å². The Labute approximate surface area is 109 Å². The van der Waals surface area contributed by atoms with Crippen molar-refractivity contribution in [2.24, 2.45) is 0 Å². The molecule has 1 aliphatic rings. The highest BCUT2D eigenvalue weighted by molar-refractivity contribution is 5.47. The van der Waals surface area contributed by atoms with Crippen LogP contribution in [0.4, 0.5) is 18.9 Å². The lowest BCUT2D eigenvalue weighted by Crippen LogP contribution is -2.46. The molecule has 1 aliphatic heterocycles. The molecule has 1 fully saturated rings. The van der Waals surface area contributed by atoms with Gasteiger partial charge in [0.1, 0.15) is 0 Å². The van der Waals surface area contributed by atoms with Crippen LogP contribution in [0.1, 0.15) is 18.4 Å². The number of benzene rings is 1. The third kappa shape index (κ3) is 3.39. The van der Waals surface area contributed by atoms with E-state index in [-0.39, 0.29) is 6.61 Å². The van der Waals surface area contributed by atoms with Gasteiger partial charge in [-0.15, -0.1) is 0 Å². The van der Waals surface area contributed by atoms with E-state index in [1.165, 1.54) is 12.1 Å². The van der Waals surface area contributed by atoms with Crippen molar-refractivity contribution in [1.29, 1.82) is 0 Å². The molecule has 0 radical (unpaired) electrons. The highest BCUT2D eigenvalue weighted by Crippen LogP contribution is 2.31. The molecular weight excluding hydrogens is 259 g/mol. The topological polar surface area (TPSA) is 41.5 Å². The molecule has 0 amide bonds. The third-order valence-corrected chi connectivity index (χ3v) is 3.37. The normalized spacial score (nSPS) is 19.2. The van der Waals surface area contributed by atoms with Crippen LogP contribution in [0.2, 0.25) is 0 Å². The van der Waals surface area contributed by atoms with Crippen LogP contribution in [0.5, 0.6) is 0 Å². The number of alkyl halides is 3. The lowest BCUT2D eigenvalue weighted by atomic mass is 9.90. The summed E-state index contributed by atoms with van der Waals surface area (Å²) in [4.78, 5) is 0. The predicted molar refractivity (Wildman–Crippen MR) is 64.9 cm³/mol. The van der Waals surface area contributed by atoms with Gasteiger partial charge in [0.2, 0.25) is 0 Å². The van der Waals surface area contributed by atoms with Crippen LogP contribution in [0.15, 0.2) is 24.3 Å². The van der Waals surface area contributed by atoms with E-state index in [0.29, 0.717) is 31.7 Å². The quantitative estimate of drug-likeness (QED) is 0.891. The Hall–Kier alpha value is -1.27. The summed E-state index contributed by atoms with van der Waals surface area (Å²) in [5.74, 6) is 0. The molecule has 1 aromatic rings. The Morgan fingerprint density at radius 1 is 1.16 bits per heavy atom. The Morgan fingerprint density at radius 2 is 1.74 bits per heavy atom. The van der Waals surface area contributed by atoms with Crippen molar-refractivity contribution >= 4 is 5.69 Å². The predicted octanol–water partition coefficient (Wildman–Crippen LogP) is 2.66. The van der Waals surface area contributed by atoms with Crippen molar-refractivity contribution in [3.63, 3.8) is 0 Å². The molecule has 0 aromatic heterocycles. The first-order chi connectivity index (χ1) is 8.95. The van der Waals surface area contributed by atoms with Crippen LogP contribution in [0.3, 0.4) is 0 Å².